The Morgan fingerprint density at radius 1 is 0.912 bits per heavy atom. The molecule has 0 aliphatic rings. The number of rotatable bonds is 4. The Morgan fingerprint density at radius 2 is 1.32 bits per heavy atom. The Morgan fingerprint density at radius 3 is 1.65 bits per heavy atom. The van der Waals surface area contributed by atoms with Crippen LogP contribution in [-0.2, 0) is 4.79 Å². The summed E-state index contributed by atoms with van der Waals surface area (Å²) in [5, 5.41) is 37.0. The number of nitrogens with zero attached hydrogens (tertiary/aromatic N) is 4. The van der Waals surface area contributed by atoms with Crippen molar-refractivity contribution in [2.45, 2.75) is 41.5 Å². The molecule has 3 aromatic rings. The minimum absolute atomic E-state index is 0.0558. The molecule has 34 heavy (non-hydrogen) atoms. The SMILES string of the molecule is Cc1c[n+](O)cc(C)c1OCC(=O)O.Cc1c[n+](O)cc(C)c1[N+](=O)[O-].Cc1cncc(C)c1. The van der Waals surface area contributed by atoms with E-state index in [0.29, 0.717) is 28.0 Å². The minimum Gasteiger partial charge on any atom is -0.481 e. The van der Waals surface area contributed by atoms with Gasteiger partial charge in [-0.15, -0.1) is 0 Å². The van der Waals surface area contributed by atoms with E-state index in [1.807, 2.05) is 26.2 Å². The fourth-order valence-corrected chi connectivity index (χ4v) is 3.09. The second-order valence-corrected chi connectivity index (χ2v) is 7.67. The van der Waals surface area contributed by atoms with E-state index in [4.69, 9.17) is 20.3 Å². The zero-order valence-corrected chi connectivity index (χ0v) is 20.0. The van der Waals surface area contributed by atoms with Gasteiger partial charge in [0.15, 0.2) is 6.61 Å². The molecule has 0 saturated heterocycles. The maximum absolute atomic E-state index is 10.5. The molecule has 0 atom stereocenters. The average molecular weight is 475 g/mol. The van der Waals surface area contributed by atoms with Gasteiger partial charge in [0, 0.05) is 21.9 Å². The fraction of sp³-hybridized carbons (Fsp3) is 0.304. The van der Waals surface area contributed by atoms with Gasteiger partial charge < -0.3 is 9.84 Å². The topological polar surface area (TPSA) is 151 Å². The zero-order chi connectivity index (χ0) is 26.0. The van der Waals surface area contributed by atoms with E-state index in [2.05, 4.69) is 11.1 Å². The van der Waals surface area contributed by atoms with Crippen molar-refractivity contribution in [1.82, 2.24) is 4.98 Å². The molecule has 3 rings (SSSR count). The monoisotopic (exact) mass is 474 g/mol. The first-order valence-corrected chi connectivity index (χ1v) is 10.1. The predicted molar refractivity (Wildman–Crippen MR) is 120 cm³/mol. The molecule has 0 spiro atoms. The number of nitro groups is 1. The highest BCUT2D eigenvalue weighted by Crippen LogP contribution is 2.20. The van der Waals surface area contributed by atoms with Gasteiger partial charge in [0.2, 0.25) is 24.8 Å². The van der Waals surface area contributed by atoms with Crippen LogP contribution in [0.1, 0.15) is 33.4 Å². The van der Waals surface area contributed by atoms with Crippen molar-refractivity contribution in [3.8, 4) is 5.75 Å². The van der Waals surface area contributed by atoms with Gasteiger partial charge in [0.25, 0.3) is 5.69 Å². The Balaban J connectivity index is 0.000000264. The van der Waals surface area contributed by atoms with Gasteiger partial charge in [-0.05, 0) is 52.7 Å². The summed E-state index contributed by atoms with van der Waals surface area (Å²) < 4.78 is 6.79. The van der Waals surface area contributed by atoms with Crippen LogP contribution in [0.5, 0.6) is 5.75 Å². The van der Waals surface area contributed by atoms with Crippen molar-refractivity contribution in [2.24, 2.45) is 0 Å². The molecule has 0 amide bonds. The van der Waals surface area contributed by atoms with Crippen LogP contribution in [0, 0.1) is 51.7 Å². The molecule has 0 unspecified atom stereocenters. The smallest absolute Gasteiger partial charge is 0.341 e. The standard InChI is InChI=1S/C9H11NO4.C7H9N2O3.C7H9N/c1-6-3-10(13)4-7(2)9(6)14-5-8(11)12;1-5-3-8(10)4-6(2)7(5)9(11)12;1-6-3-7(2)5-8-4-6/h3-4H,5H2,1-2H3,(H-,11,12,13);3-4,10H,1-2H3;3-5H,1-2H3/q;+1;/p+1. The van der Waals surface area contributed by atoms with Crippen molar-refractivity contribution >= 4 is 11.7 Å². The number of aromatic nitrogens is 3. The highest BCUT2D eigenvalue weighted by molar-refractivity contribution is 5.68. The lowest BCUT2D eigenvalue weighted by Gasteiger charge is -2.06. The first kappa shape index (κ1) is 27.8. The number of hydrogen-bond acceptors (Lipinski definition) is 7. The number of hydrogen-bond donors (Lipinski definition) is 3. The highest BCUT2D eigenvalue weighted by Gasteiger charge is 2.19. The van der Waals surface area contributed by atoms with Gasteiger partial charge in [-0.2, -0.15) is 0 Å². The van der Waals surface area contributed by atoms with E-state index in [1.165, 1.54) is 35.9 Å². The van der Waals surface area contributed by atoms with E-state index in [0.717, 1.165) is 9.46 Å². The van der Waals surface area contributed by atoms with Gasteiger partial charge in [-0.25, -0.2) is 4.79 Å². The summed E-state index contributed by atoms with van der Waals surface area (Å²) in [7, 11) is 0. The van der Waals surface area contributed by atoms with Crippen molar-refractivity contribution < 1.29 is 39.4 Å². The number of aliphatic carboxylic acids is 1. The fourth-order valence-electron chi connectivity index (χ4n) is 3.09. The molecular weight excluding hydrogens is 444 g/mol. The summed E-state index contributed by atoms with van der Waals surface area (Å²) in [5.41, 5.74) is 4.78. The molecule has 0 fully saturated rings. The Bertz CT molecular complexity index is 1100. The van der Waals surface area contributed by atoms with Crippen LogP contribution in [0.15, 0.2) is 43.2 Å². The van der Waals surface area contributed by atoms with E-state index in [-0.39, 0.29) is 12.3 Å². The van der Waals surface area contributed by atoms with Crippen LogP contribution < -0.4 is 14.2 Å². The molecule has 0 aliphatic heterocycles. The van der Waals surface area contributed by atoms with E-state index >= 15 is 0 Å². The number of carboxylic acids is 1. The van der Waals surface area contributed by atoms with Gasteiger partial charge in [0.1, 0.15) is 5.75 Å². The van der Waals surface area contributed by atoms with Gasteiger partial charge >= 0.3 is 5.97 Å². The number of carbonyl (C=O) groups is 1. The summed E-state index contributed by atoms with van der Waals surface area (Å²) in [6.45, 7) is 10.3. The van der Waals surface area contributed by atoms with Crippen LogP contribution in [0.4, 0.5) is 5.69 Å². The molecule has 182 valence electrons. The van der Waals surface area contributed by atoms with Crippen LogP contribution in [0.2, 0.25) is 0 Å². The van der Waals surface area contributed by atoms with Gasteiger partial charge in [-0.3, -0.25) is 25.5 Å². The first-order chi connectivity index (χ1) is 15.8. The van der Waals surface area contributed by atoms with E-state index < -0.39 is 10.9 Å². The average Bonchev–Trinajstić information content (AvgIpc) is 2.66. The molecule has 0 aliphatic carbocycles. The zero-order valence-electron chi connectivity index (χ0n) is 20.0. The number of pyridine rings is 3. The van der Waals surface area contributed by atoms with Crippen molar-refractivity contribution in [2.75, 3.05) is 6.61 Å². The normalized spacial score (nSPS) is 9.71. The van der Waals surface area contributed by atoms with Crippen LogP contribution in [0.25, 0.3) is 0 Å². The minimum atomic E-state index is -1.02. The molecule has 11 nitrogen and oxygen atoms in total. The molecule has 0 radical (unpaired) electrons. The van der Waals surface area contributed by atoms with Crippen molar-refractivity contribution in [3.63, 3.8) is 0 Å². The number of carboxylic acid groups (broad SMARTS) is 1. The second-order valence-electron chi connectivity index (χ2n) is 7.67. The largest absolute Gasteiger partial charge is 0.481 e. The van der Waals surface area contributed by atoms with Gasteiger partial charge in [-0.1, -0.05) is 6.07 Å². The van der Waals surface area contributed by atoms with Crippen molar-refractivity contribution in [3.05, 3.63) is 86.7 Å². The Labute approximate surface area is 197 Å². The Hall–Kier alpha value is -4.28. The predicted octanol–water partition coefficient (Wildman–Crippen LogP) is 2.73. The summed E-state index contributed by atoms with van der Waals surface area (Å²) in [6.07, 6.45) is 9.20. The maximum Gasteiger partial charge on any atom is 0.341 e. The third-order valence-corrected chi connectivity index (χ3v) is 4.30. The summed E-state index contributed by atoms with van der Waals surface area (Å²) >= 11 is 0. The van der Waals surface area contributed by atoms with Crippen LogP contribution in [0.3, 0.4) is 0 Å². The number of aryl methyl sites for hydroxylation is 6. The third kappa shape index (κ3) is 9.07. The highest BCUT2D eigenvalue weighted by atomic mass is 16.6. The van der Waals surface area contributed by atoms with Gasteiger partial charge in [0.05, 0.1) is 27.2 Å². The maximum atomic E-state index is 10.5. The third-order valence-electron chi connectivity index (χ3n) is 4.30. The summed E-state index contributed by atoms with van der Waals surface area (Å²) in [5.74, 6) is -0.526. The Kier molecular flexibility index (Phi) is 10.3. The molecular formula is C23H30N4O7+2. The first-order valence-electron chi connectivity index (χ1n) is 10.1. The molecule has 3 aromatic heterocycles. The second kappa shape index (κ2) is 12.7. The molecule has 3 heterocycles. The molecule has 0 bridgehead atoms. The molecule has 3 N–H and O–H groups in total. The molecule has 0 saturated carbocycles. The quantitative estimate of drug-likeness (QED) is 0.226. The van der Waals surface area contributed by atoms with Crippen molar-refractivity contribution in [1.29, 1.82) is 0 Å². The lowest BCUT2D eigenvalue weighted by Crippen LogP contribution is -2.30. The van der Waals surface area contributed by atoms with Crippen LogP contribution in [-0.4, -0.2) is 38.0 Å². The molecule has 11 heteroatoms. The lowest BCUT2D eigenvalue weighted by molar-refractivity contribution is -0.905. The summed E-state index contributed by atoms with van der Waals surface area (Å²) in [4.78, 5) is 24.3. The number of ether oxygens (including phenoxy) is 1. The van der Waals surface area contributed by atoms with Crippen LogP contribution >= 0.6 is 0 Å². The lowest BCUT2D eigenvalue weighted by atomic mass is 10.2. The van der Waals surface area contributed by atoms with E-state index in [9.17, 15) is 14.9 Å². The molecule has 0 aromatic carbocycles. The van der Waals surface area contributed by atoms with E-state index in [1.54, 1.807) is 27.7 Å². The summed E-state index contributed by atoms with van der Waals surface area (Å²) in [6, 6.07) is 2.10.